The Bertz CT molecular complexity index is 1140. The largest absolute Gasteiger partial charge is 0.494 e. The van der Waals surface area contributed by atoms with Crippen LogP contribution in [0.4, 0.5) is 19.0 Å². The highest BCUT2D eigenvalue weighted by Gasteiger charge is 2.32. The lowest BCUT2D eigenvalue weighted by atomic mass is 9.79. The standard InChI is InChI=1S/C23H25F3N4O3/c1-33-19-13-30-16(12-18(29-30)15-7-5-14(6-8-15)9-10-31)11-17(19)22(32)28-21-4-2-3-20(27-21)23(24,25)26/h2-4,11-15,31H,5-10H2,1H3,(H,27,28,32). The van der Waals surface area contributed by atoms with Crippen molar-refractivity contribution < 1.29 is 27.8 Å². The van der Waals surface area contributed by atoms with Gasteiger partial charge in [0.25, 0.3) is 5.91 Å². The van der Waals surface area contributed by atoms with Crippen LogP contribution in [0.15, 0.2) is 36.5 Å². The van der Waals surface area contributed by atoms with Crippen molar-refractivity contribution in [2.45, 2.75) is 44.2 Å². The zero-order valence-electron chi connectivity index (χ0n) is 18.1. The molecule has 176 valence electrons. The van der Waals surface area contributed by atoms with Crippen molar-refractivity contribution in [2.75, 3.05) is 19.0 Å². The molecule has 0 atom stereocenters. The van der Waals surface area contributed by atoms with Gasteiger partial charge in [-0.15, -0.1) is 0 Å². The van der Waals surface area contributed by atoms with Crippen molar-refractivity contribution in [2.24, 2.45) is 5.92 Å². The number of ether oxygens (including phenoxy) is 1. The average Bonchev–Trinajstić information content (AvgIpc) is 3.21. The van der Waals surface area contributed by atoms with Gasteiger partial charge in [-0.1, -0.05) is 6.07 Å². The molecule has 1 aliphatic rings. The van der Waals surface area contributed by atoms with E-state index in [0.29, 0.717) is 17.4 Å². The van der Waals surface area contributed by atoms with Crippen LogP contribution in [0.25, 0.3) is 5.52 Å². The number of carbonyl (C=O) groups is 1. The number of pyridine rings is 2. The molecular weight excluding hydrogens is 437 g/mol. The molecule has 1 amide bonds. The van der Waals surface area contributed by atoms with Crippen molar-refractivity contribution >= 4 is 17.2 Å². The molecule has 2 N–H and O–H groups in total. The van der Waals surface area contributed by atoms with Gasteiger partial charge in [0.2, 0.25) is 0 Å². The van der Waals surface area contributed by atoms with E-state index in [4.69, 9.17) is 9.84 Å². The number of halogens is 3. The maximum atomic E-state index is 12.9. The number of rotatable bonds is 6. The van der Waals surface area contributed by atoms with E-state index in [1.54, 1.807) is 16.8 Å². The van der Waals surface area contributed by atoms with Crippen LogP contribution in [-0.4, -0.2) is 39.3 Å². The number of nitrogens with zero attached hydrogens (tertiary/aromatic N) is 3. The number of aromatic nitrogens is 3. The van der Waals surface area contributed by atoms with Crippen LogP contribution in [0.3, 0.4) is 0 Å². The number of aliphatic hydroxyl groups is 1. The summed E-state index contributed by atoms with van der Waals surface area (Å²) in [6.07, 6.45) is 1.86. The summed E-state index contributed by atoms with van der Waals surface area (Å²) in [5, 5.41) is 16.2. The number of carbonyl (C=O) groups excluding carboxylic acids is 1. The summed E-state index contributed by atoms with van der Waals surface area (Å²) in [5.74, 6) is 0.257. The number of hydrogen-bond donors (Lipinski definition) is 2. The fourth-order valence-corrected chi connectivity index (χ4v) is 4.35. The van der Waals surface area contributed by atoms with E-state index in [-0.39, 0.29) is 23.7 Å². The fraction of sp³-hybridized carbons (Fsp3) is 0.435. The van der Waals surface area contributed by atoms with Crippen LogP contribution in [0.5, 0.6) is 5.75 Å². The molecule has 0 unspecified atom stereocenters. The number of alkyl halides is 3. The highest BCUT2D eigenvalue weighted by Crippen LogP contribution is 2.37. The molecular formula is C23H25F3N4O3. The molecule has 1 aliphatic carbocycles. The molecule has 0 aliphatic heterocycles. The molecule has 0 spiro atoms. The minimum atomic E-state index is -4.61. The maximum Gasteiger partial charge on any atom is 0.433 e. The van der Waals surface area contributed by atoms with E-state index in [2.05, 4.69) is 15.4 Å². The van der Waals surface area contributed by atoms with Crippen LogP contribution in [0.1, 0.15) is 59.8 Å². The molecule has 1 saturated carbocycles. The summed E-state index contributed by atoms with van der Waals surface area (Å²) in [7, 11) is 1.41. The summed E-state index contributed by atoms with van der Waals surface area (Å²) in [6, 6.07) is 6.85. The Labute approximate surface area is 188 Å². The van der Waals surface area contributed by atoms with Crippen LogP contribution in [0.2, 0.25) is 0 Å². The average molecular weight is 462 g/mol. The Morgan fingerprint density at radius 2 is 2.00 bits per heavy atom. The number of amides is 1. The number of methoxy groups -OCH3 is 1. The first kappa shape index (κ1) is 23.0. The lowest BCUT2D eigenvalue weighted by Gasteiger charge is -2.26. The zero-order chi connectivity index (χ0) is 23.6. The van der Waals surface area contributed by atoms with Crippen molar-refractivity contribution in [1.29, 1.82) is 0 Å². The highest BCUT2D eigenvalue weighted by atomic mass is 19.4. The van der Waals surface area contributed by atoms with Crippen molar-refractivity contribution in [3.8, 4) is 5.75 Å². The second-order valence-electron chi connectivity index (χ2n) is 8.28. The minimum absolute atomic E-state index is 0.169. The Kier molecular flexibility index (Phi) is 6.55. The second-order valence-corrected chi connectivity index (χ2v) is 8.28. The van der Waals surface area contributed by atoms with Gasteiger partial charge in [0.1, 0.15) is 17.3 Å². The van der Waals surface area contributed by atoms with Crippen molar-refractivity contribution in [1.82, 2.24) is 14.6 Å². The third-order valence-electron chi connectivity index (χ3n) is 6.13. The van der Waals surface area contributed by atoms with E-state index in [0.717, 1.165) is 43.9 Å². The molecule has 10 heteroatoms. The molecule has 0 radical (unpaired) electrons. The Morgan fingerprint density at radius 1 is 1.24 bits per heavy atom. The molecule has 3 aromatic rings. The molecule has 0 aromatic carbocycles. The fourth-order valence-electron chi connectivity index (χ4n) is 4.35. The first-order valence-electron chi connectivity index (χ1n) is 10.8. The molecule has 0 saturated heterocycles. The summed E-state index contributed by atoms with van der Waals surface area (Å²) in [5.41, 5.74) is 0.696. The summed E-state index contributed by atoms with van der Waals surface area (Å²) >= 11 is 0. The SMILES string of the molecule is COc1cn2nc(C3CCC(CCO)CC3)cc2cc1C(=O)Nc1cccc(C(F)(F)F)n1. The Morgan fingerprint density at radius 3 is 2.67 bits per heavy atom. The van der Waals surface area contributed by atoms with Gasteiger partial charge in [0.15, 0.2) is 0 Å². The maximum absolute atomic E-state index is 12.9. The van der Waals surface area contributed by atoms with E-state index in [1.807, 2.05) is 6.07 Å². The van der Waals surface area contributed by atoms with Gasteiger partial charge in [0, 0.05) is 12.5 Å². The highest BCUT2D eigenvalue weighted by molar-refractivity contribution is 6.06. The predicted octanol–water partition coefficient (Wildman–Crippen LogP) is 4.67. The van der Waals surface area contributed by atoms with Crippen LogP contribution in [-0.2, 0) is 6.18 Å². The molecule has 0 bridgehead atoms. The third-order valence-corrected chi connectivity index (χ3v) is 6.13. The van der Waals surface area contributed by atoms with E-state index >= 15 is 0 Å². The Hall–Kier alpha value is -3.14. The number of fused-ring (bicyclic) bond motifs is 1. The molecule has 1 fully saturated rings. The molecule has 33 heavy (non-hydrogen) atoms. The zero-order valence-corrected chi connectivity index (χ0v) is 18.1. The van der Waals surface area contributed by atoms with Gasteiger partial charge in [-0.05, 0) is 62.3 Å². The molecule has 4 rings (SSSR count). The minimum Gasteiger partial charge on any atom is -0.494 e. The predicted molar refractivity (Wildman–Crippen MR) is 115 cm³/mol. The number of nitrogens with one attached hydrogen (secondary N) is 1. The quantitative estimate of drug-likeness (QED) is 0.556. The smallest absolute Gasteiger partial charge is 0.433 e. The lowest BCUT2D eigenvalue weighted by Crippen LogP contribution is -2.16. The van der Waals surface area contributed by atoms with Crippen molar-refractivity contribution in [3.63, 3.8) is 0 Å². The first-order valence-corrected chi connectivity index (χ1v) is 10.8. The Balaban J connectivity index is 1.56. The summed E-state index contributed by atoms with van der Waals surface area (Å²) in [4.78, 5) is 16.3. The van der Waals surface area contributed by atoms with Gasteiger partial charge in [-0.25, -0.2) is 9.50 Å². The van der Waals surface area contributed by atoms with Gasteiger partial charge in [-0.3, -0.25) is 4.79 Å². The normalized spacial score (nSPS) is 18.9. The topological polar surface area (TPSA) is 88.8 Å². The first-order chi connectivity index (χ1) is 15.8. The van der Waals surface area contributed by atoms with Gasteiger partial charge >= 0.3 is 6.18 Å². The summed E-state index contributed by atoms with van der Waals surface area (Å²) in [6.45, 7) is 0.213. The summed E-state index contributed by atoms with van der Waals surface area (Å²) < 4.78 is 45.7. The van der Waals surface area contributed by atoms with Crippen LogP contribution >= 0.6 is 0 Å². The van der Waals surface area contributed by atoms with Gasteiger partial charge < -0.3 is 15.2 Å². The lowest BCUT2D eigenvalue weighted by molar-refractivity contribution is -0.141. The number of anilines is 1. The van der Waals surface area contributed by atoms with Crippen LogP contribution in [0, 0.1) is 5.92 Å². The van der Waals surface area contributed by atoms with E-state index < -0.39 is 17.8 Å². The second kappa shape index (κ2) is 9.38. The van der Waals surface area contributed by atoms with Gasteiger partial charge in [0.05, 0.1) is 30.1 Å². The van der Waals surface area contributed by atoms with Crippen LogP contribution < -0.4 is 10.1 Å². The van der Waals surface area contributed by atoms with Gasteiger partial charge in [-0.2, -0.15) is 18.3 Å². The number of aliphatic hydroxyl groups excluding tert-OH is 1. The third kappa shape index (κ3) is 5.11. The number of hydrogen-bond acceptors (Lipinski definition) is 5. The van der Waals surface area contributed by atoms with E-state index in [9.17, 15) is 18.0 Å². The molecule has 3 aromatic heterocycles. The monoisotopic (exact) mass is 462 g/mol. The molecule has 3 heterocycles. The molecule has 7 nitrogen and oxygen atoms in total. The van der Waals surface area contributed by atoms with Crippen molar-refractivity contribution in [3.05, 3.63) is 53.5 Å². The van der Waals surface area contributed by atoms with E-state index in [1.165, 1.54) is 19.2 Å².